The average Bonchev–Trinajstić information content (AvgIpc) is 2.58. The summed E-state index contributed by atoms with van der Waals surface area (Å²) in [5.41, 5.74) is 0. The first-order valence-corrected chi connectivity index (χ1v) is 11.3. The minimum atomic E-state index is 1.30. The van der Waals surface area contributed by atoms with E-state index in [1.807, 2.05) is 5.92 Å². The van der Waals surface area contributed by atoms with Gasteiger partial charge in [0.25, 0.3) is 0 Å². The van der Waals surface area contributed by atoms with Gasteiger partial charge in [-0.3, -0.25) is 0 Å². The minimum Gasteiger partial charge on any atom is -0.0885 e. The second kappa shape index (κ2) is 20.8. The normalized spacial score (nSPS) is 11.8. The van der Waals surface area contributed by atoms with Crippen LogP contribution in [0.2, 0.25) is 0 Å². The van der Waals surface area contributed by atoms with Crippen molar-refractivity contribution in [3.05, 3.63) is 18.1 Å². The van der Waals surface area contributed by atoms with Gasteiger partial charge in [-0.25, -0.2) is 0 Å². The summed E-state index contributed by atoms with van der Waals surface area (Å²) in [5.74, 6) is 1.83. The lowest BCUT2D eigenvalue weighted by Gasteiger charge is -2.13. The average molecular weight is 336 g/mol. The fourth-order valence-electron chi connectivity index (χ4n) is 3.53. The summed E-state index contributed by atoms with van der Waals surface area (Å²) >= 11 is 0. The third kappa shape index (κ3) is 18.1. The highest BCUT2D eigenvalue weighted by molar-refractivity contribution is 4.88. The largest absolute Gasteiger partial charge is 0.0885 e. The third-order valence-corrected chi connectivity index (χ3v) is 5.00. The highest BCUT2D eigenvalue weighted by Crippen LogP contribution is 2.23. The smallest absolute Gasteiger partial charge is 0.0241 e. The van der Waals surface area contributed by atoms with Gasteiger partial charge in [0.2, 0.25) is 0 Å². The second-order valence-corrected chi connectivity index (χ2v) is 7.58. The van der Waals surface area contributed by atoms with Crippen molar-refractivity contribution in [2.24, 2.45) is 0 Å². The number of allylic oxidation sites excluding steroid dienone is 2. The molecule has 0 aliphatic heterocycles. The van der Waals surface area contributed by atoms with Gasteiger partial charge >= 0.3 is 0 Å². The summed E-state index contributed by atoms with van der Waals surface area (Å²) < 4.78 is 0. The van der Waals surface area contributed by atoms with E-state index in [0.717, 1.165) is 0 Å². The lowest BCUT2D eigenvalue weighted by molar-refractivity contribution is 0.559. The van der Waals surface area contributed by atoms with Gasteiger partial charge in [0.1, 0.15) is 0 Å². The molecule has 0 unspecified atom stereocenters. The van der Waals surface area contributed by atoms with Crippen LogP contribution in [0.5, 0.6) is 0 Å². The molecule has 0 heterocycles. The maximum Gasteiger partial charge on any atom is -0.0241 e. The maximum atomic E-state index is 2.43. The van der Waals surface area contributed by atoms with Gasteiger partial charge in [-0.1, -0.05) is 104 Å². The van der Waals surface area contributed by atoms with Crippen molar-refractivity contribution in [1.82, 2.24) is 0 Å². The molecule has 1 radical (unpaired) electrons. The topological polar surface area (TPSA) is 0 Å². The Bertz CT molecular complexity index is 234. The summed E-state index contributed by atoms with van der Waals surface area (Å²) in [4.78, 5) is 0. The van der Waals surface area contributed by atoms with Gasteiger partial charge in [-0.05, 0) is 50.9 Å². The van der Waals surface area contributed by atoms with Crippen LogP contribution in [-0.2, 0) is 0 Å². The van der Waals surface area contributed by atoms with Crippen LogP contribution < -0.4 is 0 Å². The van der Waals surface area contributed by atoms with Crippen LogP contribution in [-0.4, -0.2) is 0 Å². The van der Waals surface area contributed by atoms with Gasteiger partial charge in [-0.2, -0.15) is 0 Å². The number of hydrogen-bond donors (Lipinski definition) is 0. The Kier molecular flexibility index (Phi) is 20.6. The second-order valence-electron chi connectivity index (χ2n) is 7.58. The van der Waals surface area contributed by atoms with Crippen LogP contribution in [0.25, 0.3) is 0 Å². The van der Waals surface area contributed by atoms with Gasteiger partial charge < -0.3 is 0 Å². The number of rotatable bonds is 19. The molecule has 0 atom stereocenters. The summed E-state index contributed by atoms with van der Waals surface area (Å²) in [6.45, 7) is 6.92. The molecule has 0 saturated heterocycles. The molecule has 0 heteroatoms. The number of hydrogen-bond acceptors (Lipinski definition) is 0. The van der Waals surface area contributed by atoms with E-state index in [0.29, 0.717) is 0 Å². The summed E-state index contributed by atoms with van der Waals surface area (Å²) in [6.07, 6.45) is 29.9. The molecule has 0 fully saturated rings. The van der Waals surface area contributed by atoms with Gasteiger partial charge in [-0.15, -0.1) is 0 Å². The van der Waals surface area contributed by atoms with Crippen molar-refractivity contribution in [2.45, 2.75) is 136 Å². The number of unbranched alkanes of at least 4 members (excludes halogenated alkanes) is 11. The van der Waals surface area contributed by atoms with E-state index in [9.17, 15) is 0 Å². The fourth-order valence-corrected chi connectivity index (χ4v) is 3.53. The molecule has 0 rings (SSSR count). The highest BCUT2D eigenvalue weighted by atomic mass is 14.1. The van der Waals surface area contributed by atoms with E-state index >= 15 is 0 Å². The molecule has 143 valence electrons. The molecule has 0 aromatic carbocycles. The predicted octanol–water partition coefficient (Wildman–Crippen LogP) is 9.20. The van der Waals surface area contributed by atoms with E-state index in [1.54, 1.807) is 0 Å². The maximum absolute atomic E-state index is 2.43. The SMILES string of the molecule is CCCCCCCC/C=C\CCCCCCC[C](CCC)CCC. The Labute approximate surface area is 154 Å². The lowest BCUT2D eigenvalue weighted by atomic mass is 9.92. The molecule has 24 heavy (non-hydrogen) atoms. The van der Waals surface area contributed by atoms with E-state index in [4.69, 9.17) is 0 Å². The standard InChI is InChI=1S/C24H47/c1-4-7-8-9-10-11-12-13-14-15-16-17-18-19-20-23-24(21-5-2)22-6-3/h13-14H,4-12,15-23H2,1-3H3/b14-13-. The van der Waals surface area contributed by atoms with Crippen molar-refractivity contribution < 1.29 is 0 Å². The summed E-state index contributed by atoms with van der Waals surface area (Å²) in [5, 5.41) is 0. The minimum absolute atomic E-state index is 1.30. The van der Waals surface area contributed by atoms with Crippen molar-refractivity contribution in [3.63, 3.8) is 0 Å². The van der Waals surface area contributed by atoms with Gasteiger partial charge in [0.05, 0.1) is 0 Å². The van der Waals surface area contributed by atoms with Crippen molar-refractivity contribution in [1.29, 1.82) is 0 Å². The molecule has 0 aliphatic rings. The van der Waals surface area contributed by atoms with Crippen LogP contribution in [0.1, 0.15) is 136 Å². The Balaban J connectivity index is 3.25. The highest BCUT2D eigenvalue weighted by Gasteiger charge is 2.06. The lowest BCUT2D eigenvalue weighted by Crippen LogP contribution is -1.97. The van der Waals surface area contributed by atoms with Gasteiger partial charge in [0, 0.05) is 0 Å². The predicted molar refractivity (Wildman–Crippen MR) is 113 cm³/mol. The molecule has 0 aromatic rings. The van der Waals surface area contributed by atoms with Crippen LogP contribution >= 0.6 is 0 Å². The van der Waals surface area contributed by atoms with Crippen LogP contribution in [0.15, 0.2) is 12.2 Å². The quantitative estimate of drug-likeness (QED) is 0.163. The van der Waals surface area contributed by atoms with Crippen LogP contribution in [0.4, 0.5) is 0 Å². The van der Waals surface area contributed by atoms with E-state index in [1.165, 1.54) is 116 Å². The Morgan fingerprint density at radius 2 is 0.917 bits per heavy atom. The van der Waals surface area contributed by atoms with E-state index in [-0.39, 0.29) is 0 Å². The molecule has 0 amide bonds. The van der Waals surface area contributed by atoms with E-state index < -0.39 is 0 Å². The molecule has 0 saturated carbocycles. The molecule has 0 spiro atoms. The monoisotopic (exact) mass is 335 g/mol. The van der Waals surface area contributed by atoms with Crippen LogP contribution in [0.3, 0.4) is 0 Å². The molecule has 0 nitrogen and oxygen atoms in total. The molecular weight excluding hydrogens is 288 g/mol. The van der Waals surface area contributed by atoms with Crippen molar-refractivity contribution in [3.8, 4) is 0 Å². The van der Waals surface area contributed by atoms with Crippen molar-refractivity contribution in [2.75, 3.05) is 0 Å². The molecular formula is C24H47. The molecule has 0 N–H and O–H groups in total. The first-order chi connectivity index (χ1) is 11.8. The Morgan fingerprint density at radius 1 is 0.458 bits per heavy atom. The zero-order valence-electron chi connectivity index (χ0n) is 17.4. The molecule has 0 aromatic heterocycles. The van der Waals surface area contributed by atoms with Crippen LogP contribution in [0, 0.1) is 5.92 Å². The zero-order valence-corrected chi connectivity index (χ0v) is 17.4. The summed E-state index contributed by atoms with van der Waals surface area (Å²) in [6, 6.07) is 0. The zero-order chi connectivity index (χ0) is 17.7. The first kappa shape index (κ1) is 23.7. The molecule has 0 aliphatic carbocycles. The van der Waals surface area contributed by atoms with Crippen molar-refractivity contribution >= 4 is 0 Å². The third-order valence-electron chi connectivity index (χ3n) is 5.00. The fraction of sp³-hybridized carbons (Fsp3) is 0.875. The summed E-state index contributed by atoms with van der Waals surface area (Å²) in [7, 11) is 0. The van der Waals surface area contributed by atoms with Gasteiger partial charge in [0.15, 0.2) is 0 Å². The molecule has 0 bridgehead atoms. The Hall–Kier alpha value is -0.260. The Morgan fingerprint density at radius 3 is 1.42 bits per heavy atom. The first-order valence-electron chi connectivity index (χ1n) is 11.3. The van der Waals surface area contributed by atoms with E-state index in [2.05, 4.69) is 32.9 Å².